The Balaban J connectivity index is 0.000000136. The van der Waals surface area contributed by atoms with E-state index >= 15 is 0 Å². The molecule has 0 aliphatic carbocycles. The molecule has 0 N–H and O–H groups in total. The van der Waals surface area contributed by atoms with Crippen LogP contribution in [0, 0.1) is 67.2 Å². The van der Waals surface area contributed by atoms with Crippen molar-refractivity contribution in [2.24, 2.45) is 40.0 Å². The van der Waals surface area contributed by atoms with Gasteiger partial charge in [0.2, 0.25) is 44.8 Å². The van der Waals surface area contributed by atoms with Crippen molar-refractivity contribution >= 4 is 43.6 Å². The average molecular weight is 1530 g/mol. The van der Waals surface area contributed by atoms with E-state index in [0.717, 1.165) is 81.6 Å². The quantitative estimate of drug-likeness (QED) is 0.111. The molecule has 0 saturated heterocycles. The highest BCUT2D eigenvalue weighted by Crippen LogP contribution is 2.39. The summed E-state index contributed by atoms with van der Waals surface area (Å²) in [4.78, 5) is 38.7. The van der Waals surface area contributed by atoms with Crippen LogP contribution in [0.2, 0.25) is 0 Å². The van der Waals surface area contributed by atoms with Crippen LogP contribution in [0.5, 0.6) is 0 Å². The maximum absolute atomic E-state index is 5.06. The van der Waals surface area contributed by atoms with Crippen molar-refractivity contribution in [1.29, 1.82) is 0 Å². The zero-order valence-corrected chi connectivity index (χ0v) is 72.0. The number of hydrogen-bond acceptors (Lipinski definition) is 8. The number of nitrogens with zero attached hydrogens (tertiary/aromatic N) is 12. The summed E-state index contributed by atoms with van der Waals surface area (Å²) in [5.41, 5.74) is 31.0. The van der Waals surface area contributed by atoms with Crippen molar-refractivity contribution in [1.82, 2.24) is 39.9 Å². The van der Waals surface area contributed by atoms with Gasteiger partial charge in [0.25, 0.3) is 0 Å². The third-order valence-corrected chi connectivity index (χ3v) is 22.1. The Labute approximate surface area is 686 Å². The summed E-state index contributed by atoms with van der Waals surface area (Å²) >= 11 is 0. The highest BCUT2D eigenvalue weighted by atomic mass is 15.1. The summed E-state index contributed by atoms with van der Waals surface area (Å²) in [6, 6.07) is 79.5. The minimum atomic E-state index is -0.188. The summed E-state index contributed by atoms with van der Waals surface area (Å²) in [7, 11) is 8.57. The van der Waals surface area contributed by atoms with Crippen LogP contribution in [0.15, 0.2) is 243 Å². The normalized spacial score (nSPS) is 11.6. The fourth-order valence-corrected chi connectivity index (χ4v) is 15.7. The first-order valence-corrected chi connectivity index (χ1v) is 40.7. The van der Waals surface area contributed by atoms with Gasteiger partial charge < -0.3 is 0 Å². The molecule has 584 valence electrons. The van der Waals surface area contributed by atoms with Crippen molar-refractivity contribution in [2.75, 3.05) is 0 Å². The molecule has 8 heterocycles. The summed E-state index contributed by atoms with van der Waals surface area (Å²) in [5.74, 6) is 5.88. The summed E-state index contributed by atoms with van der Waals surface area (Å²) in [6.45, 7) is 39.3. The molecule has 0 spiro atoms. The molecule has 16 aromatic rings. The first-order valence-electron chi connectivity index (χ1n) is 40.7. The predicted molar refractivity (Wildman–Crippen MR) is 479 cm³/mol. The lowest BCUT2D eigenvalue weighted by atomic mass is 9.92. The molecule has 8 aromatic carbocycles. The van der Waals surface area contributed by atoms with Gasteiger partial charge >= 0.3 is 0 Å². The van der Waals surface area contributed by atoms with Crippen LogP contribution in [-0.4, -0.2) is 39.9 Å². The lowest BCUT2D eigenvalue weighted by Gasteiger charge is -2.23. The summed E-state index contributed by atoms with van der Waals surface area (Å²) in [6.07, 6.45) is 7.27. The molecule has 12 nitrogen and oxygen atoms in total. The second-order valence-corrected chi connectivity index (χ2v) is 34.2. The summed E-state index contributed by atoms with van der Waals surface area (Å²) in [5, 5.41) is 4.81. The predicted octanol–water partition coefficient (Wildman–Crippen LogP) is 22.6. The van der Waals surface area contributed by atoms with E-state index in [1.807, 2.05) is 36.8 Å². The third-order valence-electron chi connectivity index (χ3n) is 22.1. The van der Waals surface area contributed by atoms with Crippen molar-refractivity contribution in [3.63, 3.8) is 0 Å². The van der Waals surface area contributed by atoms with Gasteiger partial charge in [-0.1, -0.05) is 190 Å². The van der Waals surface area contributed by atoms with E-state index < -0.39 is 0 Å². The van der Waals surface area contributed by atoms with E-state index in [4.69, 9.17) is 29.9 Å². The maximum atomic E-state index is 5.06. The first kappa shape index (κ1) is 81.7. The van der Waals surface area contributed by atoms with E-state index in [-0.39, 0.29) is 10.8 Å². The number of aromatic nitrogens is 12. The van der Waals surface area contributed by atoms with Crippen molar-refractivity contribution < 1.29 is 18.3 Å². The van der Waals surface area contributed by atoms with Gasteiger partial charge in [-0.2, -0.15) is 18.3 Å². The SMILES string of the molecule is Cc1cc(C)c(C)c(-c2c(-c3nc(C(C)(C)C)nc(C(C)(C)C)n3)cc3ccccc3[n+]2C)c1.Cc1cc(C)c(C)c(-c2c(-c3nc(CC(C)C)nc(CC(C)C)n3)cc3ccccc3[n+]2C)c1.Cc1ccccc1-c1ccc2c(-c3ccccn3)cccc2[n+]1C.Cc1ccccc1-c1ccc2c(-c3cccnc3)cccc2[n+]1C. The molecule has 0 radical (unpaired) electrons. The van der Waals surface area contributed by atoms with Gasteiger partial charge in [-0.05, 0) is 185 Å². The van der Waals surface area contributed by atoms with Crippen LogP contribution >= 0.6 is 0 Å². The Morgan fingerprint density at radius 1 is 0.328 bits per heavy atom. The van der Waals surface area contributed by atoms with Crippen LogP contribution in [0.4, 0.5) is 0 Å². The maximum Gasteiger partial charge on any atom is 0.224 e. The van der Waals surface area contributed by atoms with Crippen molar-refractivity contribution in [3.05, 3.63) is 311 Å². The van der Waals surface area contributed by atoms with Gasteiger partial charge in [-0.25, -0.2) is 29.9 Å². The second-order valence-electron chi connectivity index (χ2n) is 34.2. The fourth-order valence-electron chi connectivity index (χ4n) is 15.7. The monoisotopic (exact) mass is 1530 g/mol. The Morgan fingerprint density at radius 3 is 1.19 bits per heavy atom. The highest BCUT2D eigenvalue weighted by Gasteiger charge is 2.32. The van der Waals surface area contributed by atoms with E-state index in [1.165, 1.54) is 133 Å². The zero-order valence-electron chi connectivity index (χ0n) is 72.0. The van der Waals surface area contributed by atoms with Crippen LogP contribution in [-0.2, 0) is 51.9 Å². The molecule has 0 unspecified atom stereocenters. The Morgan fingerprint density at radius 2 is 0.750 bits per heavy atom. The fraction of sp³-hybridized carbons (Fsp3) is 0.269. The van der Waals surface area contributed by atoms with Crippen LogP contribution in [0.1, 0.15) is 137 Å². The third kappa shape index (κ3) is 17.7. The molecule has 0 aliphatic heterocycles. The minimum absolute atomic E-state index is 0.188. The molecule has 0 fully saturated rings. The number of aryl methyl sites for hydroxylation is 10. The Bertz CT molecular complexity index is 6100. The van der Waals surface area contributed by atoms with E-state index in [1.54, 1.807) is 0 Å². The molecular weight excluding hydrogens is 1420 g/mol. The smallest absolute Gasteiger partial charge is 0.224 e. The summed E-state index contributed by atoms with van der Waals surface area (Å²) < 4.78 is 9.14. The van der Waals surface area contributed by atoms with Gasteiger partial charge in [0.1, 0.15) is 51.5 Å². The van der Waals surface area contributed by atoms with E-state index in [0.29, 0.717) is 11.8 Å². The molecule has 0 bridgehead atoms. The number of benzene rings is 8. The van der Waals surface area contributed by atoms with Gasteiger partial charge in [0.05, 0.1) is 38.7 Å². The van der Waals surface area contributed by atoms with Crippen LogP contribution in [0.25, 0.3) is 134 Å². The van der Waals surface area contributed by atoms with Crippen molar-refractivity contribution in [2.45, 2.75) is 148 Å². The standard InChI is InChI=1S/2C30H37N4.2C22H19N2/c1-18-15-19(2)20(3)22(16-18)25-23(17-21-13-11-12-14-24(21)34(25)10)26-31-27(29(4,5)6)33-28(32-26)30(7,8)9;1-18(2)13-27-31-28(14-19(3)4)33-30(32-27)25-17-23-11-9-10-12-26(23)34(8)29(25)24-16-20(5)15-21(6)22(24)7;1-16-7-3-4-9-18(16)22-13-12-20-19(17-8-6-14-23-15-17)10-5-11-21(20)24(22)2;1-16-8-3-4-9-17(16)22-14-13-19-18(20-11-5-6-15-23-20)10-7-12-21(19)24(22)2/h11-17H,1-10H3;9-12,15-19H,13-14H2,1-8H3;2*3-15H,1-2H3/q4*+1. The largest absolute Gasteiger partial charge is 0.264 e. The molecule has 16 rings (SSSR count). The van der Waals surface area contributed by atoms with Gasteiger partial charge in [-0.3, -0.25) is 9.97 Å². The highest BCUT2D eigenvalue weighted by molar-refractivity contribution is 5.95. The average Bonchev–Trinajstić information content (AvgIpc) is 0.725. The van der Waals surface area contributed by atoms with Gasteiger partial charge in [-0.15, -0.1) is 0 Å². The Hall–Kier alpha value is -12.3. The number of para-hydroxylation sites is 2. The second kappa shape index (κ2) is 34.4. The Kier molecular flexibility index (Phi) is 24.3. The van der Waals surface area contributed by atoms with E-state index in [2.05, 4.69) is 387 Å². The first-order chi connectivity index (χ1) is 55.4. The molecular formula is C104H112N12+4. The number of hydrogen-bond donors (Lipinski definition) is 0. The minimum Gasteiger partial charge on any atom is -0.264 e. The number of pyridine rings is 6. The van der Waals surface area contributed by atoms with Gasteiger partial charge in [0.15, 0.2) is 11.6 Å². The van der Waals surface area contributed by atoms with E-state index in [9.17, 15) is 0 Å². The molecule has 0 aliphatic rings. The lowest BCUT2D eigenvalue weighted by molar-refractivity contribution is -0.633. The molecule has 116 heavy (non-hydrogen) atoms. The van der Waals surface area contributed by atoms with Crippen molar-refractivity contribution in [3.8, 4) is 90.2 Å². The van der Waals surface area contributed by atoms with Crippen LogP contribution in [0.3, 0.4) is 0 Å². The molecule has 0 saturated carbocycles. The molecule has 0 amide bonds. The van der Waals surface area contributed by atoms with Crippen LogP contribution < -0.4 is 18.3 Å². The molecule has 0 atom stereocenters. The zero-order chi connectivity index (χ0) is 82.6. The lowest BCUT2D eigenvalue weighted by Crippen LogP contribution is -2.33. The number of rotatable bonds is 12. The molecule has 12 heteroatoms. The molecule has 8 aromatic heterocycles. The number of fused-ring (bicyclic) bond motifs is 4. The topological polar surface area (TPSA) is 119 Å². The van der Waals surface area contributed by atoms with Gasteiger partial charge in [0, 0.05) is 112 Å².